The maximum Gasteiger partial charge on any atom is 0.315 e. The summed E-state index contributed by atoms with van der Waals surface area (Å²) in [4.78, 5) is 16.7. The van der Waals surface area contributed by atoms with E-state index in [0.29, 0.717) is 6.10 Å². The summed E-state index contributed by atoms with van der Waals surface area (Å²) in [5.74, 6) is 1.63. The average molecular weight is 321 g/mol. The van der Waals surface area contributed by atoms with Crippen molar-refractivity contribution in [3.8, 4) is 0 Å². The van der Waals surface area contributed by atoms with E-state index in [4.69, 9.17) is 4.74 Å². The zero-order valence-electron chi connectivity index (χ0n) is 14.0. The second kappa shape index (κ2) is 7.29. The van der Waals surface area contributed by atoms with Crippen LogP contribution in [0.2, 0.25) is 0 Å². The van der Waals surface area contributed by atoms with Gasteiger partial charge in [-0.15, -0.1) is 0 Å². The lowest BCUT2D eigenvalue weighted by Gasteiger charge is -2.24. The Hall–Kier alpha value is -1.63. The van der Waals surface area contributed by atoms with E-state index < -0.39 is 0 Å². The van der Waals surface area contributed by atoms with Crippen molar-refractivity contribution in [3.63, 3.8) is 0 Å². The fourth-order valence-corrected chi connectivity index (χ4v) is 3.41. The number of nitrogens with zero attached hydrogens (tertiary/aromatic N) is 3. The number of nitrogens with one attached hydrogen (secondary N) is 2. The first kappa shape index (κ1) is 16.2. The monoisotopic (exact) mass is 321 g/mol. The molecule has 2 amide bonds. The topological polar surface area (TPSA) is 81.1 Å². The molecule has 0 unspecified atom stereocenters. The van der Waals surface area contributed by atoms with Gasteiger partial charge in [0.05, 0.1) is 12.1 Å². The van der Waals surface area contributed by atoms with Crippen molar-refractivity contribution in [2.75, 3.05) is 6.61 Å². The van der Waals surface area contributed by atoms with Gasteiger partial charge in [0.1, 0.15) is 11.6 Å². The fraction of sp³-hybridized carbons (Fsp3) is 0.812. The minimum atomic E-state index is -0.121. The second-order valence-electron chi connectivity index (χ2n) is 6.67. The molecule has 1 fully saturated rings. The summed E-state index contributed by atoms with van der Waals surface area (Å²) >= 11 is 0. The highest BCUT2D eigenvalue weighted by Crippen LogP contribution is 2.23. The molecule has 128 valence electrons. The number of aryl methyl sites for hydroxylation is 2. The summed E-state index contributed by atoms with van der Waals surface area (Å²) in [6, 6.07) is -0.0262. The molecule has 1 aromatic rings. The van der Waals surface area contributed by atoms with Crippen LogP contribution in [0.5, 0.6) is 0 Å². The minimum absolute atomic E-state index is 0.0460. The normalized spacial score (nSPS) is 25.0. The van der Waals surface area contributed by atoms with Crippen LogP contribution in [0.3, 0.4) is 0 Å². The number of aromatic nitrogens is 3. The van der Waals surface area contributed by atoms with E-state index >= 15 is 0 Å². The molecule has 0 spiro atoms. The van der Waals surface area contributed by atoms with Crippen LogP contribution in [0.15, 0.2) is 0 Å². The number of hydrogen-bond donors (Lipinski definition) is 2. The van der Waals surface area contributed by atoms with Gasteiger partial charge in [0.2, 0.25) is 0 Å². The van der Waals surface area contributed by atoms with Crippen molar-refractivity contribution in [2.24, 2.45) is 0 Å². The molecule has 3 atom stereocenters. The van der Waals surface area contributed by atoms with Crippen LogP contribution in [0.1, 0.15) is 63.1 Å². The van der Waals surface area contributed by atoms with Gasteiger partial charge in [-0.1, -0.05) is 0 Å². The standard InChI is InChI=1S/C16H27N5O2/c1-11(7-8-13-5-4-10-23-13)17-16(22)19-14-6-3-9-21-15(14)18-12(2)20-21/h11,13-14H,3-10H2,1-2H3,(H2,17,19,22)/t11-,13+,14+/m1/s1. The maximum atomic E-state index is 12.2. The van der Waals surface area contributed by atoms with E-state index in [1.807, 2.05) is 18.5 Å². The van der Waals surface area contributed by atoms with Gasteiger partial charge in [-0.25, -0.2) is 14.5 Å². The average Bonchev–Trinajstić information content (AvgIpc) is 3.13. The Morgan fingerprint density at radius 1 is 1.43 bits per heavy atom. The Labute approximate surface area is 137 Å². The molecular formula is C16H27N5O2. The smallest absolute Gasteiger partial charge is 0.315 e. The van der Waals surface area contributed by atoms with E-state index in [1.165, 1.54) is 0 Å². The van der Waals surface area contributed by atoms with Crippen molar-refractivity contribution < 1.29 is 9.53 Å². The van der Waals surface area contributed by atoms with E-state index in [9.17, 15) is 4.79 Å². The molecule has 0 aromatic carbocycles. The number of hydrogen-bond acceptors (Lipinski definition) is 4. The zero-order valence-corrected chi connectivity index (χ0v) is 14.0. The van der Waals surface area contributed by atoms with Crippen molar-refractivity contribution in [3.05, 3.63) is 11.6 Å². The minimum Gasteiger partial charge on any atom is -0.378 e. The van der Waals surface area contributed by atoms with Gasteiger partial charge in [0.25, 0.3) is 0 Å². The molecular weight excluding hydrogens is 294 g/mol. The molecule has 3 heterocycles. The van der Waals surface area contributed by atoms with Gasteiger partial charge < -0.3 is 15.4 Å². The third-order valence-electron chi connectivity index (χ3n) is 4.61. The molecule has 0 aliphatic carbocycles. The number of amides is 2. The SMILES string of the molecule is Cc1nc2n(n1)CCC[C@@H]2NC(=O)N[C@H](C)CC[C@@H]1CCCO1. The van der Waals surface area contributed by atoms with E-state index in [2.05, 4.69) is 20.7 Å². The van der Waals surface area contributed by atoms with Crippen LogP contribution in [-0.4, -0.2) is 39.5 Å². The van der Waals surface area contributed by atoms with E-state index in [1.54, 1.807) is 0 Å². The van der Waals surface area contributed by atoms with Crippen molar-refractivity contribution >= 4 is 6.03 Å². The van der Waals surface area contributed by atoms with Gasteiger partial charge in [-0.05, 0) is 52.4 Å². The molecule has 7 heteroatoms. The van der Waals surface area contributed by atoms with Gasteiger partial charge in [0.15, 0.2) is 0 Å². The number of urea groups is 1. The quantitative estimate of drug-likeness (QED) is 0.870. The lowest BCUT2D eigenvalue weighted by molar-refractivity contribution is 0.100. The molecule has 2 N–H and O–H groups in total. The molecule has 1 aromatic heterocycles. The molecule has 1 saturated heterocycles. The highest BCUT2D eigenvalue weighted by atomic mass is 16.5. The molecule has 0 saturated carbocycles. The predicted octanol–water partition coefficient (Wildman–Crippen LogP) is 2.07. The fourth-order valence-electron chi connectivity index (χ4n) is 3.41. The molecule has 23 heavy (non-hydrogen) atoms. The molecule has 2 aliphatic heterocycles. The summed E-state index contributed by atoms with van der Waals surface area (Å²) in [5.41, 5.74) is 0. The number of ether oxygens (including phenoxy) is 1. The van der Waals surface area contributed by atoms with Crippen molar-refractivity contribution in [1.82, 2.24) is 25.4 Å². The summed E-state index contributed by atoms with van der Waals surface area (Å²) in [7, 11) is 0. The van der Waals surface area contributed by atoms with Crippen LogP contribution in [0, 0.1) is 6.92 Å². The Morgan fingerprint density at radius 2 is 2.30 bits per heavy atom. The lowest BCUT2D eigenvalue weighted by Crippen LogP contribution is -2.44. The molecule has 7 nitrogen and oxygen atoms in total. The maximum absolute atomic E-state index is 12.2. The molecule has 3 rings (SSSR count). The van der Waals surface area contributed by atoms with Crippen LogP contribution < -0.4 is 10.6 Å². The first-order valence-electron chi connectivity index (χ1n) is 8.72. The van der Waals surface area contributed by atoms with Crippen molar-refractivity contribution in [2.45, 2.75) is 77.1 Å². The van der Waals surface area contributed by atoms with Gasteiger partial charge in [-0.2, -0.15) is 5.10 Å². The number of rotatable bonds is 5. The van der Waals surface area contributed by atoms with Gasteiger partial charge in [-0.3, -0.25) is 0 Å². The summed E-state index contributed by atoms with van der Waals surface area (Å²) in [6.07, 6.45) is 6.56. The third kappa shape index (κ3) is 4.22. The first-order valence-corrected chi connectivity index (χ1v) is 8.72. The Kier molecular flexibility index (Phi) is 5.15. The molecule has 2 aliphatic rings. The van der Waals surface area contributed by atoms with Gasteiger partial charge in [0, 0.05) is 19.2 Å². The van der Waals surface area contributed by atoms with Crippen molar-refractivity contribution in [1.29, 1.82) is 0 Å². The number of fused-ring (bicyclic) bond motifs is 1. The summed E-state index contributed by atoms with van der Waals surface area (Å²) < 4.78 is 7.53. The largest absolute Gasteiger partial charge is 0.378 e. The number of carbonyl (C=O) groups excluding carboxylic acids is 1. The van der Waals surface area contributed by atoms with Crippen LogP contribution in [0.25, 0.3) is 0 Å². The Balaban J connectivity index is 1.45. The predicted molar refractivity (Wildman–Crippen MR) is 86.1 cm³/mol. The number of carbonyl (C=O) groups is 1. The third-order valence-corrected chi connectivity index (χ3v) is 4.61. The Bertz CT molecular complexity index is 539. The second-order valence-corrected chi connectivity index (χ2v) is 6.67. The summed E-state index contributed by atoms with van der Waals surface area (Å²) in [5, 5.41) is 10.4. The molecule has 0 bridgehead atoms. The summed E-state index contributed by atoms with van der Waals surface area (Å²) in [6.45, 7) is 5.69. The van der Waals surface area contributed by atoms with Crippen LogP contribution in [-0.2, 0) is 11.3 Å². The van der Waals surface area contributed by atoms with Gasteiger partial charge >= 0.3 is 6.03 Å². The highest BCUT2D eigenvalue weighted by Gasteiger charge is 2.25. The van der Waals surface area contributed by atoms with E-state index in [0.717, 1.165) is 63.3 Å². The highest BCUT2D eigenvalue weighted by molar-refractivity contribution is 5.74. The first-order chi connectivity index (χ1) is 11.1. The van der Waals surface area contributed by atoms with Crippen LogP contribution in [0.4, 0.5) is 4.79 Å². The van der Waals surface area contributed by atoms with Crippen LogP contribution >= 0.6 is 0 Å². The lowest BCUT2D eigenvalue weighted by atomic mass is 10.1. The Morgan fingerprint density at radius 3 is 3.09 bits per heavy atom. The van der Waals surface area contributed by atoms with E-state index in [-0.39, 0.29) is 18.1 Å². The molecule has 0 radical (unpaired) electrons. The zero-order chi connectivity index (χ0) is 16.2.